The van der Waals surface area contributed by atoms with Crippen molar-refractivity contribution in [2.24, 2.45) is 17.3 Å². The number of aromatic hydroxyl groups is 1. The molecular formula is C26H35IO3. The summed E-state index contributed by atoms with van der Waals surface area (Å²) in [5, 5.41) is 9.91. The van der Waals surface area contributed by atoms with Crippen molar-refractivity contribution in [2.45, 2.75) is 99.4 Å². The van der Waals surface area contributed by atoms with E-state index in [4.69, 9.17) is 4.74 Å². The van der Waals surface area contributed by atoms with Gasteiger partial charge in [-0.25, -0.2) is 0 Å². The van der Waals surface area contributed by atoms with Crippen LogP contribution in [0.15, 0.2) is 18.2 Å². The van der Waals surface area contributed by atoms with Crippen molar-refractivity contribution < 1.29 is 14.6 Å². The molecule has 3 fully saturated rings. The predicted octanol–water partition coefficient (Wildman–Crippen LogP) is 6.69. The van der Waals surface area contributed by atoms with Crippen LogP contribution in [0.5, 0.6) is 5.75 Å². The minimum absolute atomic E-state index is 0.0420. The number of hydrogen-bond acceptors (Lipinski definition) is 3. The first kappa shape index (κ1) is 21.1. The van der Waals surface area contributed by atoms with Crippen molar-refractivity contribution in [3.63, 3.8) is 0 Å². The van der Waals surface area contributed by atoms with Crippen LogP contribution in [0.2, 0.25) is 0 Å². The Balaban J connectivity index is 1.30. The van der Waals surface area contributed by atoms with Gasteiger partial charge in [0.25, 0.3) is 0 Å². The average molecular weight is 522 g/mol. The fourth-order valence-electron chi connectivity index (χ4n) is 7.48. The van der Waals surface area contributed by atoms with Gasteiger partial charge in [-0.05, 0) is 86.0 Å². The highest BCUT2D eigenvalue weighted by Gasteiger charge is 2.64. The molecule has 0 aliphatic heterocycles. The highest BCUT2D eigenvalue weighted by molar-refractivity contribution is 14.1. The van der Waals surface area contributed by atoms with Gasteiger partial charge in [0.15, 0.2) is 0 Å². The third kappa shape index (κ3) is 3.40. The van der Waals surface area contributed by atoms with E-state index >= 15 is 0 Å². The molecule has 1 N–H and O–H groups in total. The monoisotopic (exact) mass is 522 g/mol. The van der Waals surface area contributed by atoms with Crippen LogP contribution in [0.25, 0.3) is 0 Å². The number of halogens is 1. The topological polar surface area (TPSA) is 46.5 Å². The number of fused-ring (bicyclic) bond motifs is 5. The SMILES string of the molecule is C[C@]12CCC3c4ccc(O)cc4CC[C@H]3[C@]1(I)CC[C@@H]2OC(=O)CCC1CCCC1. The molecule has 164 valence electrons. The Morgan fingerprint density at radius 3 is 2.77 bits per heavy atom. The molecule has 0 amide bonds. The Kier molecular flexibility index (Phi) is 5.60. The Labute approximate surface area is 194 Å². The zero-order valence-electron chi connectivity index (χ0n) is 18.2. The Morgan fingerprint density at radius 2 is 1.97 bits per heavy atom. The van der Waals surface area contributed by atoms with Crippen LogP contribution in [0.4, 0.5) is 0 Å². The normalized spacial score (nSPS) is 38.0. The molecule has 1 aromatic carbocycles. The smallest absolute Gasteiger partial charge is 0.306 e. The quantitative estimate of drug-likeness (QED) is 0.272. The molecule has 3 nitrogen and oxygen atoms in total. The molecular weight excluding hydrogens is 487 g/mol. The number of benzene rings is 1. The number of alkyl halides is 1. The maximum atomic E-state index is 12.7. The van der Waals surface area contributed by atoms with E-state index in [9.17, 15) is 9.90 Å². The number of aryl methyl sites for hydroxylation is 1. The lowest BCUT2D eigenvalue weighted by Crippen LogP contribution is -2.54. The zero-order chi connectivity index (χ0) is 20.9. The Bertz CT molecular complexity index is 816. The van der Waals surface area contributed by atoms with E-state index in [0.717, 1.165) is 38.0 Å². The number of carbonyl (C=O) groups excluding carboxylic acids is 1. The first-order valence-corrected chi connectivity index (χ1v) is 13.2. The van der Waals surface area contributed by atoms with Crippen molar-refractivity contribution in [2.75, 3.05) is 0 Å². The lowest BCUT2D eigenvalue weighted by atomic mass is 9.55. The summed E-state index contributed by atoms with van der Waals surface area (Å²) in [4.78, 5) is 12.7. The number of esters is 1. The van der Waals surface area contributed by atoms with Gasteiger partial charge in [0.2, 0.25) is 0 Å². The van der Waals surface area contributed by atoms with Crippen molar-refractivity contribution in [3.05, 3.63) is 29.3 Å². The van der Waals surface area contributed by atoms with Gasteiger partial charge in [0, 0.05) is 15.3 Å². The molecule has 1 unspecified atom stereocenters. The lowest BCUT2D eigenvalue weighted by molar-refractivity contribution is -0.156. The summed E-state index contributed by atoms with van der Waals surface area (Å²) in [6.45, 7) is 2.41. The highest BCUT2D eigenvalue weighted by atomic mass is 127. The number of carbonyl (C=O) groups is 1. The summed E-state index contributed by atoms with van der Waals surface area (Å²) in [7, 11) is 0. The molecule has 0 radical (unpaired) electrons. The summed E-state index contributed by atoms with van der Waals surface area (Å²) < 4.78 is 6.39. The standard InChI is InChI=1S/C26H35IO3/c1-25-14-12-21-20-9-8-19(28)16-18(20)7-10-22(21)26(25,27)15-13-23(25)30-24(29)11-6-17-4-2-3-5-17/h8-9,16-17,21-23,28H,2-7,10-15H2,1H3/t21?,22-,23+,25-,26-/m1/s1. The highest BCUT2D eigenvalue weighted by Crippen LogP contribution is 2.67. The molecule has 3 saturated carbocycles. The zero-order valence-corrected chi connectivity index (χ0v) is 20.3. The second-order valence-electron chi connectivity index (χ2n) is 10.7. The van der Waals surface area contributed by atoms with Crippen LogP contribution in [0, 0.1) is 17.3 Å². The molecule has 4 aliphatic carbocycles. The second-order valence-corrected chi connectivity index (χ2v) is 12.6. The summed E-state index contributed by atoms with van der Waals surface area (Å²) in [6, 6.07) is 6.00. The number of phenols is 1. The van der Waals surface area contributed by atoms with Crippen molar-refractivity contribution in [1.29, 1.82) is 0 Å². The minimum Gasteiger partial charge on any atom is -0.508 e. The Morgan fingerprint density at radius 1 is 1.17 bits per heavy atom. The summed E-state index contributed by atoms with van der Waals surface area (Å²) in [5.41, 5.74) is 2.87. The van der Waals surface area contributed by atoms with Crippen LogP contribution < -0.4 is 0 Å². The van der Waals surface area contributed by atoms with Gasteiger partial charge in [0.1, 0.15) is 11.9 Å². The average Bonchev–Trinajstić information content (AvgIpc) is 3.33. The lowest BCUT2D eigenvalue weighted by Gasteiger charge is -2.55. The third-order valence-electron chi connectivity index (χ3n) is 9.23. The maximum Gasteiger partial charge on any atom is 0.306 e. The minimum atomic E-state index is 0.0420. The van der Waals surface area contributed by atoms with Crippen LogP contribution in [-0.2, 0) is 16.0 Å². The molecule has 0 spiro atoms. The first-order chi connectivity index (χ1) is 14.4. The third-order valence-corrected chi connectivity index (χ3v) is 11.8. The molecule has 30 heavy (non-hydrogen) atoms. The van der Waals surface area contributed by atoms with Crippen molar-refractivity contribution in [1.82, 2.24) is 0 Å². The molecule has 0 saturated heterocycles. The molecule has 1 aromatic rings. The number of ether oxygens (including phenoxy) is 1. The molecule has 5 atom stereocenters. The van der Waals surface area contributed by atoms with E-state index in [1.165, 1.54) is 49.7 Å². The van der Waals surface area contributed by atoms with E-state index in [-0.39, 0.29) is 20.9 Å². The van der Waals surface area contributed by atoms with E-state index in [1.807, 2.05) is 12.1 Å². The van der Waals surface area contributed by atoms with Crippen LogP contribution in [0.1, 0.15) is 94.6 Å². The molecule has 4 heteroatoms. The van der Waals surface area contributed by atoms with Crippen LogP contribution in [-0.4, -0.2) is 20.6 Å². The molecule has 0 aromatic heterocycles. The number of phenolic OH excluding ortho intramolecular Hbond substituents is 1. The fourth-order valence-corrected chi connectivity index (χ4v) is 9.15. The number of hydrogen-bond donors (Lipinski definition) is 1. The van der Waals surface area contributed by atoms with Crippen LogP contribution in [0.3, 0.4) is 0 Å². The number of rotatable bonds is 4. The van der Waals surface area contributed by atoms with E-state index < -0.39 is 0 Å². The van der Waals surface area contributed by atoms with Crippen LogP contribution >= 0.6 is 22.6 Å². The summed E-state index contributed by atoms with van der Waals surface area (Å²) >= 11 is 2.77. The largest absolute Gasteiger partial charge is 0.508 e. The predicted molar refractivity (Wildman–Crippen MR) is 127 cm³/mol. The molecule has 4 aliphatic rings. The molecule has 0 bridgehead atoms. The van der Waals surface area contributed by atoms with Gasteiger partial charge < -0.3 is 9.84 Å². The van der Waals surface area contributed by atoms with Crippen molar-refractivity contribution in [3.8, 4) is 5.75 Å². The fraction of sp³-hybridized carbons (Fsp3) is 0.731. The van der Waals surface area contributed by atoms with Gasteiger partial charge >= 0.3 is 5.97 Å². The van der Waals surface area contributed by atoms with Gasteiger partial charge in [-0.1, -0.05) is 61.3 Å². The van der Waals surface area contributed by atoms with Gasteiger partial charge in [0.05, 0.1) is 0 Å². The second kappa shape index (κ2) is 7.97. The van der Waals surface area contributed by atoms with Gasteiger partial charge in [-0.2, -0.15) is 0 Å². The van der Waals surface area contributed by atoms with Gasteiger partial charge in [-0.15, -0.1) is 0 Å². The molecule has 5 rings (SSSR count). The Hall–Kier alpha value is -0.780. The van der Waals surface area contributed by atoms with Gasteiger partial charge in [-0.3, -0.25) is 4.79 Å². The van der Waals surface area contributed by atoms with Crippen molar-refractivity contribution >= 4 is 28.6 Å². The summed E-state index contributed by atoms with van der Waals surface area (Å²) in [6.07, 6.45) is 13.7. The molecule has 0 heterocycles. The summed E-state index contributed by atoms with van der Waals surface area (Å²) in [5.74, 6) is 2.40. The van der Waals surface area contributed by atoms with E-state index in [1.54, 1.807) is 0 Å². The van der Waals surface area contributed by atoms with E-state index in [2.05, 4.69) is 35.6 Å². The van der Waals surface area contributed by atoms with E-state index in [0.29, 0.717) is 24.0 Å². The first-order valence-electron chi connectivity index (χ1n) is 12.1. The maximum absolute atomic E-state index is 12.7.